The lowest BCUT2D eigenvalue weighted by atomic mass is 9.33. The second-order valence-corrected chi connectivity index (χ2v) is 10.6. The number of benzene rings is 5. The first kappa shape index (κ1) is 38.9. The third-order valence-corrected chi connectivity index (χ3v) is 7.88. The number of aryl methyl sites for hydroxylation is 4. The van der Waals surface area contributed by atoms with Crippen molar-refractivity contribution in [1.82, 2.24) is 0 Å². The summed E-state index contributed by atoms with van der Waals surface area (Å²) in [5.74, 6) is 0. The second kappa shape index (κ2) is 18.8. The second-order valence-electron chi connectivity index (χ2n) is 10.6. The molecule has 0 radical (unpaired) electrons. The van der Waals surface area contributed by atoms with Crippen LogP contribution >= 0.6 is 0 Å². The summed E-state index contributed by atoms with van der Waals surface area (Å²) in [5, 5.41) is 0. The van der Waals surface area contributed by atoms with Crippen LogP contribution in [0.5, 0.6) is 0 Å². The lowest BCUT2D eigenvalue weighted by Crippen LogP contribution is -2.61. The fraction of sp³-hybridized carbons (Fsp3) is 0.318. The third kappa shape index (κ3) is 7.84. The largest absolute Gasteiger partial charge is 0.311 e. The Morgan fingerprint density at radius 3 is 1.02 bits per heavy atom. The quantitative estimate of drug-likeness (QED) is 0.176. The molecule has 0 amide bonds. The van der Waals surface area contributed by atoms with Gasteiger partial charge in [0.15, 0.2) is 0 Å². The summed E-state index contributed by atoms with van der Waals surface area (Å²) >= 11 is 0. The molecule has 2 nitrogen and oxygen atoms in total. The van der Waals surface area contributed by atoms with E-state index in [1.165, 1.54) is 72.8 Å². The van der Waals surface area contributed by atoms with Crippen molar-refractivity contribution in [2.45, 2.75) is 96.9 Å². The van der Waals surface area contributed by atoms with Crippen LogP contribution in [0.2, 0.25) is 0 Å². The summed E-state index contributed by atoms with van der Waals surface area (Å²) < 4.78 is 0. The summed E-state index contributed by atoms with van der Waals surface area (Å²) in [4.78, 5) is 4.91. The maximum atomic E-state index is 2.46. The standard InChI is InChI=1S/C34H29BN2.5C2H6/c1-22-8-14-26(15-9-22)36-30-18-12-24(3)20-28(30)35-29-21-25(4)13-19-31(29)37(27-16-10-23(2)11-17-27)33-7-5-6-32(36)34(33)35;5*1-2/h5-21H,1-4H3;5*1-2H3. The predicted octanol–water partition coefficient (Wildman–Crippen LogP) is 12.1. The summed E-state index contributed by atoms with van der Waals surface area (Å²) in [7, 11) is 0. The van der Waals surface area contributed by atoms with E-state index in [0.29, 0.717) is 0 Å². The molecular formula is C44H59BN2. The third-order valence-electron chi connectivity index (χ3n) is 7.88. The summed E-state index contributed by atoms with van der Waals surface area (Å²) in [6, 6.07) is 38.5. The van der Waals surface area contributed by atoms with Gasteiger partial charge in [0.2, 0.25) is 0 Å². The average Bonchev–Trinajstić information content (AvgIpc) is 3.13. The monoisotopic (exact) mass is 626 g/mol. The molecule has 0 fully saturated rings. The Bertz CT molecular complexity index is 1550. The molecule has 0 atom stereocenters. The number of hydrogen-bond donors (Lipinski definition) is 0. The van der Waals surface area contributed by atoms with Gasteiger partial charge in [-0.2, -0.15) is 0 Å². The highest BCUT2D eigenvalue weighted by Crippen LogP contribution is 2.43. The van der Waals surface area contributed by atoms with Gasteiger partial charge in [-0.05, 0) is 92.6 Å². The van der Waals surface area contributed by atoms with Gasteiger partial charge < -0.3 is 9.80 Å². The van der Waals surface area contributed by atoms with Crippen LogP contribution in [0, 0.1) is 27.7 Å². The zero-order valence-corrected chi connectivity index (χ0v) is 31.8. The van der Waals surface area contributed by atoms with Gasteiger partial charge >= 0.3 is 0 Å². The molecule has 0 bridgehead atoms. The lowest BCUT2D eigenvalue weighted by molar-refractivity contribution is 1.24. The van der Waals surface area contributed by atoms with Crippen LogP contribution in [-0.4, -0.2) is 6.71 Å². The first-order valence-corrected chi connectivity index (χ1v) is 18.1. The SMILES string of the molecule is CC.CC.CC.CC.CC.Cc1ccc(N2c3ccc(C)cc3B3c4cc(C)ccc4N(c4ccc(C)cc4)c4cccc2c43)cc1. The summed E-state index contributed by atoms with van der Waals surface area (Å²) in [6.45, 7) is 28.9. The molecule has 0 spiro atoms. The zero-order valence-electron chi connectivity index (χ0n) is 31.8. The minimum atomic E-state index is 0.180. The van der Waals surface area contributed by atoms with Crippen LogP contribution in [0.25, 0.3) is 0 Å². The Kier molecular flexibility index (Phi) is 15.6. The number of hydrogen-bond acceptors (Lipinski definition) is 2. The van der Waals surface area contributed by atoms with Crippen LogP contribution in [0.3, 0.4) is 0 Å². The van der Waals surface area contributed by atoms with Crippen molar-refractivity contribution in [3.05, 3.63) is 125 Å². The van der Waals surface area contributed by atoms with Gasteiger partial charge in [-0.25, -0.2) is 0 Å². The fourth-order valence-corrected chi connectivity index (χ4v) is 6.13. The summed E-state index contributed by atoms with van der Waals surface area (Å²) in [6.07, 6.45) is 0. The molecule has 0 saturated heterocycles. The topological polar surface area (TPSA) is 6.48 Å². The van der Waals surface area contributed by atoms with E-state index >= 15 is 0 Å². The predicted molar refractivity (Wildman–Crippen MR) is 216 cm³/mol. The Labute approximate surface area is 288 Å². The molecule has 0 aromatic heterocycles. The molecule has 3 heteroatoms. The van der Waals surface area contributed by atoms with Crippen molar-refractivity contribution in [2.75, 3.05) is 9.80 Å². The van der Waals surface area contributed by atoms with E-state index in [1.54, 1.807) is 0 Å². The van der Waals surface area contributed by atoms with E-state index in [1.807, 2.05) is 69.2 Å². The van der Waals surface area contributed by atoms with Gasteiger partial charge in [-0.15, -0.1) is 0 Å². The number of anilines is 6. The van der Waals surface area contributed by atoms with Crippen molar-refractivity contribution in [3.8, 4) is 0 Å². The molecule has 2 heterocycles. The average molecular weight is 627 g/mol. The van der Waals surface area contributed by atoms with Crippen molar-refractivity contribution in [1.29, 1.82) is 0 Å². The number of nitrogens with zero attached hydrogens (tertiary/aromatic N) is 2. The van der Waals surface area contributed by atoms with E-state index in [0.717, 1.165) is 0 Å². The van der Waals surface area contributed by atoms with Crippen LogP contribution in [0.15, 0.2) is 103 Å². The molecule has 2 aliphatic rings. The van der Waals surface area contributed by atoms with Gasteiger partial charge in [-0.3, -0.25) is 0 Å². The molecule has 5 aromatic rings. The highest BCUT2D eigenvalue weighted by atomic mass is 15.2. The van der Waals surface area contributed by atoms with Crippen molar-refractivity contribution < 1.29 is 0 Å². The van der Waals surface area contributed by atoms with Gasteiger partial charge in [0.1, 0.15) is 0 Å². The molecule has 5 aromatic carbocycles. The first-order valence-electron chi connectivity index (χ1n) is 18.1. The van der Waals surface area contributed by atoms with Gasteiger partial charge in [0, 0.05) is 34.1 Å². The highest BCUT2D eigenvalue weighted by Gasteiger charge is 2.43. The Balaban J connectivity index is 0.000000706. The molecule has 47 heavy (non-hydrogen) atoms. The van der Waals surface area contributed by atoms with Crippen molar-refractivity contribution >= 4 is 57.2 Å². The van der Waals surface area contributed by atoms with Crippen LogP contribution in [0.1, 0.15) is 91.5 Å². The highest BCUT2D eigenvalue weighted by molar-refractivity contribution is 7.00. The van der Waals surface area contributed by atoms with Gasteiger partial charge in [-0.1, -0.05) is 146 Å². The molecule has 0 aliphatic carbocycles. The fourth-order valence-electron chi connectivity index (χ4n) is 6.13. The molecule has 7 rings (SSSR count). The zero-order chi connectivity index (χ0) is 35.3. The normalized spacial score (nSPS) is 11.1. The molecule has 248 valence electrons. The van der Waals surface area contributed by atoms with E-state index in [2.05, 4.69) is 141 Å². The van der Waals surface area contributed by atoms with Crippen LogP contribution in [-0.2, 0) is 0 Å². The smallest absolute Gasteiger partial charge is 0.252 e. The molecular weight excluding hydrogens is 567 g/mol. The number of fused-ring (bicyclic) bond motifs is 4. The Hall–Kier alpha value is -4.24. The maximum absolute atomic E-state index is 2.46. The summed E-state index contributed by atoms with van der Waals surface area (Å²) in [5.41, 5.74) is 16.7. The molecule has 0 N–H and O–H groups in total. The van der Waals surface area contributed by atoms with E-state index in [-0.39, 0.29) is 6.71 Å². The van der Waals surface area contributed by atoms with Crippen molar-refractivity contribution in [2.24, 2.45) is 0 Å². The van der Waals surface area contributed by atoms with E-state index in [9.17, 15) is 0 Å². The first-order chi connectivity index (χ1) is 23.0. The maximum Gasteiger partial charge on any atom is 0.252 e. The van der Waals surface area contributed by atoms with Crippen LogP contribution in [0.4, 0.5) is 34.1 Å². The molecule has 0 saturated carbocycles. The minimum Gasteiger partial charge on any atom is -0.311 e. The molecule has 2 aliphatic heterocycles. The van der Waals surface area contributed by atoms with E-state index in [4.69, 9.17) is 0 Å². The van der Waals surface area contributed by atoms with E-state index < -0.39 is 0 Å². The Morgan fingerprint density at radius 2 is 0.681 bits per heavy atom. The molecule has 0 unspecified atom stereocenters. The lowest BCUT2D eigenvalue weighted by Gasteiger charge is -2.44. The van der Waals surface area contributed by atoms with Crippen LogP contribution < -0.4 is 26.2 Å². The van der Waals surface area contributed by atoms with Gasteiger partial charge in [0.05, 0.1) is 0 Å². The Morgan fingerprint density at radius 1 is 0.362 bits per heavy atom. The van der Waals surface area contributed by atoms with Gasteiger partial charge in [0.25, 0.3) is 6.71 Å². The minimum absolute atomic E-state index is 0.180. The number of rotatable bonds is 2. The van der Waals surface area contributed by atoms with Crippen molar-refractivity contribution in [3.63, 3.8) is 0 Å².